The van der Waals surface area contributed by atoms with E-state index in [0.29, 0.717) is 12.2 Å². The predicted octanol–water partition coefficient (Wildman–Crippen LogP) is 5.22. The summed E-state index contributed by atoms with van der Waals surface area (Å²) in [5.74, 6) is -0.282. The van der Waals surface area contributed by atoms with Crippen LogP contribution in [0, 0.1) is 0 Å². The highest BCUT2D eigenvalue weighted by Crippen LogP contribution is 2.22. The molecule has 0 radical (unpaired) electrons. The highest BCUT2D eigenvalue weighted by molar-refractivity contribution is 9.10. The molecule has 118 valence electrons. The monoisotopic (exact) mass is 383 g/mol. The smallest absolute Gasteiger partial charge is 0.338 e. The van der Waals surface area contributed by atoms with Gasteiger partial charge in [-0.3, -0.25) is 0 Å². The van der Waals surface area contributed by atoms with Gasteiger partial charge in [-0.1, -0.05) is 28.1 Å². The van der Waals surface area contributed by atoms with Crippen LogP contribution in [0.4, 0.5) is 5.69 Å². The van der Waals surface area contributed by atoms with Crippen LogP contribution >= 0.6 is 28.3 Å². The Morgan fingerprint density at radius 1 is 1.23 bits per heavy atom. The van der Waals surface area contributed by atoms with Gasteiger partial charge in [0.1, 0.15) is 0 Å². The third-order valence-corrected chi connectivity index (χ3v) is 3.65. The fourth-order valence-corrected chi connectivity index (χ4v) is 2.29. The van der Waals surface area contributed by atoms with Gasteiger partial charge in [0.05, 0.1) is 12.2 Å². The first-order chi connectivity index (χ1) is 10.1. The Labute approximate surface area is 145 Å². The summed E-state index contributed by atoms with van der Waals surface area (Å²) >= 11 is 3.42. The highest BCUT2D eigenvalue weighted by atomic mass is 79.9. The number of hydrogen-bond donors (Lipinski definition) is 1. The van der Waals surface area contributed by atoms with Crippen LogP contribution in [-0.4, -0.2) is 12.6 Å². The Bertz CT molecular complexity index is 616. The molecular weight excluding hydrogens is 366 g/mol. The summed E-state index contributed by atoms with van der Waals surface area (Å²) in [5, 5.41) is 3.41. The maximum Gasteiger partial charge on any atom is 0.338 e. The van der Waals surface area contributed by atoms with Crippen molar-refractivity contribution < 1.29 is 9.53 Å². The molecule has 2 aromatic carbocycles. The Kier molecular flexibility index (Phi) is 7.42. The number of esters is 1. The van der Waals surface area contributed by atoms with Crippen molar-refractivity contribution in [3.05, 3.63) is 64.1 Å². The van der Waals surface area contributed by atoms with Gasteiger partial charge >= 0.3 is 5.97 Å². The van der Waals surface area contributed by atoms with E-state index in [4.69, 9.17) is 4.74 Å². The molecule has 3 nitrogen and oxygen atoms in total. The summed E-state index contributed by atoms with van der Waals surface area (Å²) < 4.78 is 6.08. The lowest BCUT2D eigenvalue weighted by atomic mass is 10.0. The van der Waals surface area contributed by atoms with Gasteiger partial charge in [0.25, 0.3) is 0 Å². The Balaban J connectivity index is 0.00000242. The largest absolute Gasteiger partial charge is 0.462 e. The number of hydrogen-bond acceptors (Lipinski definition) is 3. The third-order valence-electron chi connectivity index (χ3n) is 3.13. The quantitative estimate of drug-likeness (QED) is 0.718. The molecule has 2 rings (SSSR count). The number of rotatable bonds is 5. The van der Waals surface area contributed by atoms with Crippen molar-refractivity contribution in [1.29, 1.82) is 0 Å². The number of nitrogens with one attached hydrogen (secondary N) is 1. The molecule has 0 aliphatic rings. The zero-order valence-corrected chi connectivity index (χ0v) is 14.9. The summed E-state index contributed by atoms with van der Waals surface area (Å²) in [7, 11) is 0. The molecule has 0 saturated heterocycles. The van der Waals surface area contributed by atoms with Crippen LogP contribution in [0.25, 0.3) is 0 Å². The second-order valence-electron chi connectivity index (χ2n) is 4.72. The van der Waals surface area contributed by atoms with Crippen molar-refractivity contribution in [2.24, 2.45) is 0 Å². The van der Waals surface area contributed by atoms with Crippen molar-refractivity contribution in [1.82, 2.24) is 0 Å². The standard InChI is InChI=1S/C17H18BrNO2.ClH/c1-3-21-17(20)14-6-4-5-13(11-14)12(2)19-16-9-7-15(18)8-10-16;/h4-12,19H,3H2,1-2H3;1H. The van der Waals surface area contributed by atoms with Crippen LogP contribution in [0.3, 0.4) is 0 Å². The van der Waals surface area contributed by atoms with Crippen molar-refractivity contribution in [2.45, 2.75) is 19.9 Å². The highest BCUT2D eigenvalue weighted by Gasteiger charge is 2.10. The van der Waals surface area contributed by atoms with E-state index in [1.807, 2.05) is 42.5 Å². The summed E-state index contributed by atoms with van der Waals surface area (Å²) in [4.78, 5) is 11.8. The van der Waals surface area contributed by atoms with Crippen LogP contribution in [0.2, 0.25) is 0 Å². The maximum absolute atomic E-state index is 11.8. The van der Waals surface area contributed by atoms with Gasteiger partial charge in [0.15, 0.2) is 0 Å². The van der Waals surface area contributed by atoms with Crippen LogP contribution < -0.4 is 5.32 Å². The molecule has 1 N–H and O–H groups in total. The predicted molar refractivity (Wildman–Crippen MR) is 95.8 cm³/mol. The third kappa shape index (κ3) is 5.04. The molecule has 1 atom stereocenters. The first-order valence-electron chi connectivity index (χ1n) is 6.89. The number of carbonyl (C=O) groups is 1. The minimum absolute atomic E-state index is 0. The first kappa shape index (κ1) is 18.5. The molecule has 0 aromatic heterocycles. The van der Waals surface area contributed by atoms with Gasteiger partial charge in [0.2, 0.25) is 0 Å². The molecule has 0 aliphatic carbocycles. The Morgan fingerprint density at radius 2 is 1.91 bits per heavy atom. The first-order valence-corrected chi connectivity index (χ1v) is 7.68. The minimum Gasteiger partial charge on any atom is -0.462 e. The molecule has 2 aromatic rings. The fraction of sp³-hybridized carbons (Fsp3) is 0.235. The van der Waals surface area contributed by atoms with Crippen LogP contribution in [0.5, 0.6) is 0 Å². The van der Waals surface area contributed by atoms with E-state index < -0.39 is 0 Å². The zero-order valence-electron chi connectivity index (χ0n) is 12.5. The summed E-state index contributed by atoms with van der Waals surface area (Å²) in [6.07, 6.45) is 0. The SMILES string of the molecule is CCOC(=O)c1cccc(C(C)Nc2ccc(Br)cc2)c1.Cl. The molecule has 5 heteroatoms. The van der Waals surface area contributed by atoms with Crippen LogP contribution in [0.15, 0.2) is 53.0 Å². The lowest BCUT2D eigenvalue weighted by molar-refractivity contribution is 0.0526. The molecule has 0 fully saturated rings. The fourth-order valence-electron chi connectivity index (χ4n) is 2.03. The summed E-state index contributed by atoms with van der Waals surface area (Å²) in [5.41, 5.74) is 2.66. The Morgan fingerprint density at radius 3 is 2.55 bits per heavy atom. The second-order valence-corrected chi connectivity index (χ2v) is 5.63. The topological polar surface area (TPSA) is 38.3 Å². The van der Waals surface area contributed by atoms with Crippen LogP contribution in [-0.2, 0) is 4.74 Å². The van der Waals surface area contributed by atoms with E-state index in [1.165, 1.54) is 0 Å². The average Bonchev–Trinajstić information content (AvgIpc) is 2.50. The van der Waals surface area contributed by atoms with E-state index in [-0.39, 0.29) is 24.4 Å². The summed E-state index contributed by atoms with van der Waals surface area (Å²) in [6, 6.07) is 15.6. The molecular formula is C17H19BrClNO2. The van der Waals surface area contributed by atoms with Crippen molar-refractivity contribution >= 4 is 40.0 Å². The number of ether oxygens (including phenoxy) is 1. The zero-order chi connectivity index (χ0) is 15.2. The van der Waals surface area contributed by atoms with Crippen molar-refractivity contribution in [2.75, 3.05) is 11.9 Å². The molecule has 22 heavy (non-hydrogen) atoms. The Hall–Kier alpha value is -1.52. The second kappa shape index (κ2) is 8.81. The van der Waals surface area contributed by atoms with Gasteiger partial charge in [-0.05, 0) is 55.8 Å². The maximum atomic E-state index is 11.8. The molecule has 0 spiro atoms. The van der Waals surface area contributed by atoms with Crippen molar-refractivity contribution in [3.63, 3.8) is 0 Å². The van der Waals surface area contributed by atoms with E-state index in [0.717, 1.165) is 15.7 Å². The van der Waals surface area contributed by atoms with E-state index >= 15 is 0 Å². The molecule has 0 aliphatic heterocycles. The molecule has 0 bridgehead atoms. The van der Waals surface area contributed by atoms with Crippen LogP contribution in [0.1, 0.15) is 35.8 Å². The average molecular weight is 385 g/mol. The molecule has 0 saturated carbocycles. The van der Waals surface area contributed by atoms with Gasteiger partial charge in [0, 0.05) is 16.2 Å². The van der Waals surface area contributed by atoms with Gasteiger partial charge in [-0.25, -0.2) is 4.79 Å². The van der Waals surface area contributed by atoms with Gasteiger partial charge < -0.3 is 10.1 Å². The van der Waals surface area contributed by atoms with E-state index in [1.54, 1.807) is 13.0 Å². The number of carbonyl (C=O) groups excluding carboxylic acids is 1. The lowest BCUT2D eigenvalue weighted by Crippen LogP contribution is -2.09. The normalized spacial score (nSPS) is 11.2. The van der Waals surface area contributed by atoms with E-state index in [9.17, 15) is 4.79 Å². The minimum atomic E-state index is -0.282. The molecule has 0 amide bonds. The van der Waals surface area contributed by atoms with Gasteiger partial charge in [-0.15, -0.1) is 12.4 Å². The number of anilines is 1. The van der Waals surface area contributed by atoms with Crippen molar-refractivity contribution in [3.8, 4) is 0 Å². The molecule has 1 unspecified atom stereocenters. The summed E-state index contributed by atoms with van der Waals surface area (Å²) in [6.45, 7) is 4.25. The van der Waals surface area contributed by atoms with E-state index in [2.05, 4.69) is 28.2 Å². The number of benzene rings is 2. The number of halogens is 2. The van der Waals surface area contributed by atoms with Gasteiger partial charge in [-0.2, -0.15) is 0 Å². The molecule has 0 heterocycles. The lowest BCUT2D eigenvalue weighted by Gasteiger charge is -2.16.